The van der Waals surface area contributed by atoms with Gasteiger partial charge in [-0.1, -0.05) is 18.2 Å². The first-order valence-corrected chi connectivity index (χ1v) is 6.43. The Morgan fingerprint density at radius 1 is 0.950 bits per heavy atom. The zero-order chi connectivity index (χ0) is 13.8. The molecule has 20 heavy (non-hydrogen) atoms. The molecule has 0 bridgehead atoms. The zero-order valence-corrected chi connectivity index (χ0v) is 10.9. The molecule has 4 heteroatoms. The maximum Gasteiger partial charge on any atom is 0.231 e. The molecule has 1 aliphatic heterocycles. The van der Waals surface area contributed by atoms with E-state index in [0.29, 0.717) is 12.4 Å². The molecule has 3 rings (SSSR count). The summed E-state index contributed by atoms with van der Waals surface area (Å²) < 4.78 is 10.6. The molecule has 0 saturated heterocycles. The average Bonchev–Trinajstić information content (AvgIpc) is 2.95. The summed E-state index contributed by atoms with van der Waals surface area (Å²) in [6.07, 6.45) is 0. The molecule has 2 aromatic rings. The predicted molar refractivity (Wildman–Crippen MR) is 74.3 cm³/mol. The standard InChI is InChI=1S/C16H14N2O2/c17-8-12-1-3-13(4-2-12)9-18-10-14-5-6-15-16(7-14)20-11-19-15/h1-7,18H,9-11H2. The van der Waals surface area contributed by atoms with Gasteiger partial charge in [-0.15, -0.1) is 0 Å². The van der Waals surface area contributed by atoms with Crippen LogP contribution in [0.5, 0.6) is 11.5 Å². The lowest BCUT2D eigenvalue weighted by atomic mass is 10.1. The van der Waals surface area contributed by atoms with E-state index < -0.39 is 0 Å². The Morgan fingerprint density at radius 2 is 1.65 bits per heavy atom. The highest BCUT2D eigenvalue weighted by molar-refractivity contribution is 5.44. The zero-order valence-electron chi connectivity index (χ0n) is 10.9. The molecule has 0 fully saturated rings. The van der Waals surface area contributed by atoms with Gasteiger partial charge in [0, 0.05) is 13.1 Å². The Kier molecular flexibility index (Phi) is 3.53. The van der Waals surface area contributed by atoms with Crippen LogP contribution in [0.2, 0.25) is 0 Å². The lowest BCUT2D eigenvalue weighted by Crippen LogP contribution is -2.12. The van der Waals surface area contributed by atoms with Crippen LogP contribution in [-0.4, -0.2) is 6.79 Å². The first-order chi connectivity index (χ1) is 9.85. The fourth-order valence-corrected chi connectivity index (χ4v) is 2.10. The van der Waals surface area contributed by atoms with Crippen molar-refractivity contribution in [1.82, 2.24) is 5.32 Å². The van der Waals surface area contributed by atoms with E-state index in [-0.39, 0.29) is 0 Å². The molecule has 4 nitrogen and oxygen atoms in total. The lowest BCUT2D eigenvalue weighted by Gasteiger charge is -2.06. The van der Waals surface area contributed by atoms with Gasteiger partial charge in [-0.2, -0.15) is 5.26 Å². The van der Waals surface area contributed by atoms with E-state index in [1.54, 1.807) is 0 Å². The van der Waals surface area contributed by atoms with Gasteiger partial charge in [-0.05, 0) is 35.4 Å². The molecule has 0 atom stereocenters. The van der Waals surface area contributed by atoms with Crippen molar-refractivity contribution >= 4 is 0 Å². The Balaban J connectivity index is 1.56. The maximum atomic E-state index is 8.74. The monoisotopic (exact) mass is 266 g/mol. The van der Waals surface area contributed by atoms with Gasteiger partial charge in [-0.25, -0.2) is 0 Å². The topological polar surface area (TPSA) is 54.3 Å². The van der Waals surface area contributed by atoms with Crippen molar-refractivity contribution in [2.24, 2.45) is 0 Å². The van der Waals surface area contributed by atoms with Crippen LogP contribution < -0.4 is 14.8 Å². The summed E-state index contributed by atoms with van der Waals surface area (Å²) in [6.45, 7) is 1.83. The number of rotatable bonds is 4. The van der Waals surface area contributed by atoms with E-state index in [1.165, 1.54) is 0 Å². The maximum absolute atomic E-state index is 8.74. The van der Waals surface area contributed by atoms with Gasteiger partial charge in [0.2, 0.25) is 6.79 Å². The number of hydrogen-bond donors (Lipinski definition) is 1. The molecule has 0 amide bonds. The van der Waals surface area contributed by atoms with E-state index in [9.17, 15) is 0 Å². The number of nitriles is 1. The smallest absolute Gasteiger partial charge is 0.231 e. The number of ether oxygens (including phenoxy) is 2. The van der Waals surface area contributed by atoms with E-state index >= 15 is 0 Å². The minimum atomic E-state index is 0.303. The molecule has 0 saturated carbocycles. The second-order valence-electron chi connectivity index (χ2n) is 4.60. The average molecular weight is 266 g/mol. The molecule has 1 aliphatic rings. The summed E-state index contributed by atoms with van der Waals surface area (Å²) in [5.41, 5.74) is 3.00. The summed E-state index contributed by atoms with van der Waals surface area (Å²) in [4.78, 5) is 0. The fourth-order valence-electron chi connectivity index (χ4n) is 2.10. The summed E-state index contributed by atoms with van der Waals surface area (Å²) in [5, 5.41) is 12.1. The number of benzene rings is 2. The van der Waals surface area contributed by atoms with Crippen LogP contribution in [0.15, 0.2) is 42.5 Å². The SMILES string of the molecule is N#Cc1ccc(CNCc2ccc3c(c2)OCO3)cc1. The third-order valence-corrected chi connectivity index (χ3v) is 3.18. The molecule has 0 spiro atoms. The van der Waals surface area contributed by atoms with Gasteiger partial charge >= 0.3 is 0 Å². The predicted octanol–water partition coefficient (Wildman–Crippen LogP) is 2.58. The Hall–Kier alpha value is -2.51. The first kappa shape index (κ1) is 12.5. The normalized spacial score (nSPS) is 12.2. The van der Waals surface area contributed by atoms with Gasteiger partial charge in [0.15, 0.2) is 11.5 Å². The van der Waals surface area contributed by atoms with Crippen LogP contribution in [0.4, 0.5) is 0 Å². The van der Waals surface area contributed by atoms with E-state index in [4.69, 9.17) is 14.7 Å². The third kappa shape index (κ3) is 2.73. The number of nitrogens with zero attached hydrogens (tertiary/aromatic N) is 1. The van der Waals surface area contributed by atoms with Gasteiger partial charge < -0.3 is 14.8 Å². The molecular weight excluding hydrogens is 252 g/mol. The van der Waals surface area contributed by atoms with Crippen molar-refractivity contribution in [3.8, 4) is 17.6 Å². The molecule has 0 radical (unpaired) electrons. The van der Waals surface area contributed by atoms with Crippen LogP contribution in [0.25, 0.3) is 0 Å². The molecule has 0 unspecified atom stereocenters. The highest BCUT2D eigenvalue weighted by Gasteiger charge is 2.12. The van der Waals surface area contributed by atoms with Gasteiger partial charge in [0.25, 0.3) is 0 Å². The summed E-state index contributed by atoms with van der Waals surface area (Å²) in [6, 6.07) is 15.7. The minimum absolute atomic E-state index is 0.303. The van der Waals surface area contributed by atoms with E-state index in [1.807, 2.05) is 42.5 Å². The molecule has 100 valence electrons. The van der Waals surface area contributed by atoms with Crippen molar-refractivity contribution in [3.63, 3.8) is 0 Å². The first-order valence-electron chi connectivity index (χ1n) is 6.43. The quantitative estimate of drug-likeness (QED) is 0.924. The van der Waals surface area contributed by atoms with Gasteiger partial charge in [0.1, 0.15) is 0 Å². The second-order valence-corrected chi connectivity index (χ2v) is 4.60. The number of nitrogens with one attached hydrogen (secondary N) is 1. The van der Waals surface area contributed by atoms with Gasteiger partial charge in [-0.3, -0.25) is 0 Å². The van der Waals surface area contributed by atoms with Gasteiger partial charge in [0.05, 0.1) is 11.6 Å². The largest absolute Gasteiger partial charge is 0.454 e. The van der Waals surface area contributed by atoms with Crippen LogP contribution in [-0.2, 0) is 13.1 Å². The Bertz CT molecular complexity index is 645. The Morgan fingerprint density at radius 3 is 2.45 bits per heavy atom. The van der Waals surface area contributed by atoms with Crippen molar-refractivity contribution < 1.29 is 9.47 Å². The highest BCUT2D eigenvalue weighted by Crippen LogP contribution is 2.32. The molecule has 0 aliphatic carbocycles. The van der Waals surface area contributed by atoms with Crippen LogP contribution in [0, 0.1) is 11.3 Å². The second kappa shape index (κ2) is 5.64. The Labute approximate surface area is 117 Å². The fraction of sp³-hybridized carbons (Fsp3) is 0.188. The van der Waals surface area contributed by atoms with Crippen molar-refractivity contribution in [1.29, 1.82) is 5.26 Å². The lowest BCUT2D eigenvalue weighted by molar-refractivity contribution is 0.174. The van der Waals surface area contributed by atoms with Crippen LogP contribution in [0.1, 0.15) is 16.7 Å². The summed E-state index contributed by atoms with van der Waals surface area (Å²) >= 11 is 0. The molecule has 2 aromatic carbocycles. The number of fused-ring (bicyclic) bond motifs is 1. The van der Waals surface area contributed by atoms with Crippen LogP contribution in [0.3, 0.4) is 0 Å². The highest BCUT2D eigenvalue weighted by atomic mass is 16.7. The van der Waals surface area contributed by atoms with Crippen molar-refractivity contribution in [2.45, 2.75) is 13.1 Å². The third-order valence-electron chi connectivity index (χ3n) is 3.18. The molecule has 1 N–H and O–H groups in total. The molecule has 1 heterocycles. The number of hydrogen-bond acceptors (Lipinski definition) is 4. The van der Waals surface area contributed by atoms with E-state index in [2.05, 4.69) is 11.4 Å². The molecular formula is C16H14N2O2. The van der Waals surface area contributed by atoms with E-state index in [0.717, 1.165) is 35.7 Å². The molecule has 0 aromatic heterocycles. The summed E-state index contributed by atoms with van der Waals surface area (Å²) in [7, 11) is 0. The minimum Gasteiger partial charge on any atom is -0.454 e. The van der Waals surface area contributed by atoms with Crippen molar-refractivity contribution in [2.75, 3.05) is 6.79 Å². The van der Waals surface area contributed by atoms with Crippen LogP contribution >= 0.6 is 0 Å². The summed E-state index contributed by atoms with van der Waals surface area (Å²) in [5.74, 6) is 1.61. The van der Waals surface area contributed by atoms with Crippen molar-refractivity contribution in [3.05, 3.63) is 59.2 Å².